The minimum atomic E-state index is 0.0602. The first-order chi connectivity index (χ1) is 14.7. The summed E-state index contributed by atoms with van der Waals surface area (Å²) in [6.07, 6.45) is 1.90. The smallest absolute Gasteiger partial charge is 0.246 e. The second-order valence-electron chi connectivity index (χ2n) is 7.60. The number of methoxy groups -OCH3 is 1. The van der Waals surface area contributed by atoms with Crippen LogP contribution in [0, 0.1) is 0 Å². The first-order valence-electron chi connectivity index (χ1n) is 10.4. The van der Waals surface area contributed by atoms with Crippen LogP contribution in [0.3, 0.4) is 0 Å². The molecular weight excluding hydrogens is 378 g/mol. The van der Waals surface area contributed by atoms with Crippen LogP contribution in [0.15, 0.2) is 53.5 Å². The minimum Gasteiger partial charge on any atom is -0.495 e. The molecule has 0 saturated carbocycles. The number of nitrogens with zero attached hydrogens (tertiary/aromatic N) is 3. The molecule has 1 unspecified atom stereocenters. The van der Waals surface area contributed by atoms with Crippen LogP contribution in [0.5, 0.6) is 5.75 Å². The van der Waals surface area contributed by atoms with Gasteiger partial charge in [0.05, 0.1) is 19.3 Å². The van der Waals surface area contributed by atoms with E-state index in [1.54, 1.807) is 14.2 Å². The van der Waals surface area contributed by atoms with Crippen LogP contribution < -0.4 is 25.2 Å². The SMILES string of the molecule is CN=C(NCC(=O)N1CCc2ccccc21)NC1CCN(c2ccccc2OC)C1. The van der Waals surface area contributed by atoms with E-state index in [1.165, 1.54) is 5.56 Å². The number of carbonyl (C=O) groups excluding carboxylic acids is 1. The maximum atomic E-state index is 12.7. The number of rotatable bonds is 5. The van der Waals surface area contributed by atoms with E-state index in [-0.39, 0.29) is 18.5 Å². The van der Waals surface area contributed by atoms with E-state index >= 15 is 0 Å². The quantitative estimate of drug-likeness (QED) is 0.586. The molecule has 0 bridgehead atoms. The lowest BCUT2D eigenvalue weighted by atomic mass is 10.2. The molecule has 158 valence electrons. The highest BCUT2D eigenvalue weighted by Gasteiger charge is 2.26. The summed E-state index contributed by atoms with van der Waals surface area (Å²) in [4.78, 5) is 21.2. The summed E-state index contributed by atoms with van der Waals surface area (Å²) in [6, 6.07) is 16.4. The molecule has 0 radical (unpaired) electrons. The Morgan fingerprint density at radius 1 is 1.13 bits per heavy atom. The molecule has 0 aromatic heterocycles. The Balaban J connectivity index is 1.30. The van der Waals surface area contributed by atoms with Gasteiger partial charge in [0, 0.05) is 38.4 Å². The summed E-state index contributed by atoms with van der Waals surface area (Å²) in [5, 5.41) is 6.64. The average Bonchev–Trinajstić information content (AvgIpc) is 3.43. The van der Waals surface area contributed by atoms with Crippen LogP contribution in [0.2, 0.25) is 0 Å². The van der Waals surface area contributed by atoms with E-state index in [4.69, 9.17) is 4.74 Å². The average molecular weight is 408 g/mol. The zero-order valence-corrected chi connectivity index (χ0v) is 17.6. The first kappa shape index (κ1) is 20.1. The zero-order chi connectivity index (χ0) is 20.9. The van der Waals surface area contributed by atoms with E-state index in [2.05, 4.69) is 32.7 Å². The van der Waals surface area contributed by atoms with Crippen molar-refractivity contribution in [2.45, 2.75) is 18.9 Å². The van der Waals surface area contributed by atoms with Gasteiger partial charge >= 0.3 is 0 Å². The summed E-state index contributed by atoms with van der Waals surface area (Å²) >= 11 is 0. The van der Waals surface area contributed by atoms with Gasteiger partial charge in [-0.05, 0) is 36.6 Å². The van der Waals surface area contributed by atoms with E-state index in [0.717, 1.165) is 49.6 Å². The third-order valence-corrected chi connectivity index (χ3v) is 5.77. The standard InChI is InChI=1S/C23H29N5O2/c1-24-23(25-15-22(29)28-14-11-17-7-3-4-8-19(17)28)26-18-12-13-27(16-18)20-9-5-6-10-21(20)30-2/h3-10,18H,11-16H2,1-2H3,(H2,24,25,26). The zero-order valence-electron chi connectivity index (χ0n) is 17.6. The lowest BCUT2D eigenvalue weighted by Gasteiger charge is -2.22. The van der Waals surface area contributed by atoms with Crippen LogP contribution in [0.4, 0.5) is 11.4 Å². The van der Waals surface area contributed by atoms with Gasteiger partial charge in [0.25, 0.3) is 0 Å². The third-order valence-electron chi connectivity index (χ3n) is 5.77. The minimum absolute atomic E-state index is 0.0602. The van der Waals surface area contributed by atoms with E-state index in [1.807, 2.05) is 41.3 Å². The Bertz CT molecular complexity index is 929. The van der Waals surface area contributed by atoms with E-state index < -0.39 is 0 Å². The molecule has 30 heavy (non-hydrogen) atoms. The number of ether oxygens (including phenoxy) is 1. The molecule has 4 rings (SSSR count). The van der Waals surface area contributed by atoms with Gasteiger partial charge in [-0.15, -0.1) is 0 Å². The predicted octanol–water partition coefficient (Wildman–Crippen LogP) is 2.03. The molecule has 7 heteroatoms. The van der Waals surface area contributed by atoms with Crippen molar-refractivity contribution in [3.8, 4) is 5.75 Å². The fourth-order valence-electron chi connectivity index (χ4n) is 4.23. The second-order valence-corrected chi connectivity index (χ2v) is 7.60. The van der Waals surface area contributed by atoms with Gasteiger partial charge in [-0.1, -0.05) is 30.3 Å². The number of anilines is 2. The molecule has 1 amide bonds. The fourth-order valence-corrected chi connectivity index (χ4v) is 4.23. The molecule has 7 nitrogen and oxygen atoms in total. The van der Waals surface area contributed by atoms with Crippen molar-refractivity contribution < 1.29 is 9.53 Å². The van der Waals surface area contributed by atoms with Crippen molar-refractivity contribution in [2.24, 2.45) is 4.99 Å². The van der Waals surface area contributed by atoms with Crippen LogP contribution in [0.25, 0.3) is 0 Å². The Morgan fingerprint density at radius 3 is 2.70 bits per heavy atom. The van der Waals surface area contributed by atoms with E-state index in [0.29, 0.717) is 5.96 Å². The maximum absolute atomic E-state index is 12.7. The molecule has 2 aromatic rings. The van der Waals surface area contributed by atoms with Gasteiger partial charge in [0.2, 0.25) is 5.91 Å². The Morgan fingerprint density at radius 2 is 1.90 bits per heavy atom. The molecule has 2 heterocycles. The van der Waals surface area contributed by atoms with Gasteiger partial charge in [-0.2, -0.15) is 0 Å². The molecule has 2 aliphatic rings. The number of carbonyl (C=O) groups is 1. The van der Waals surface area contributed by atoms with Crippen molar-refractivity contribution >= 4 is 23.2 Å². The van der Waals surface area contributed by atoms with Gasteiger partial charge < -0.3 is 25.2 Å². The van der Waals surface area contributed by atoms with Gasteiger partial charge in [0.15, 0.2) is 5.96 Å². The lowest BCUT2D eigenvalue weighted by molar-refractivity contribution is -0.117. The predicted molar refractivity (Wildman–Crippen MR) is 121 cm³/mol. The first-order valence-corrected chi connectivity index (χ1v) is 10.4. The number of aliphatic imine (C=N–C) groups is 1. The number of hydrogen-bond donors (Lipinski definition) is 2. The number of para-hydroxylation sites is 3. The molecule has 1 fully saturated rings. The highest BCUT2D eigenvalue weighted by atomic mass is 16.5. The number of fused-ring (bicyclic) bond motifs is 1. The summed E-state index contributed by atoms with van der Waals surface area (Å²) < 4.78 is 5.49. The molecule has 2 N–H and O–H groups in total. The van der Waals surface area contributed by atoms with Gasteiger partial charge in [-0.25, -0.2) is 0 Å². The number of benzene rings is 2. The van der Waals surface area contributed by atoms with Crippen molar-refractivity contribution in [2.75, 3.05) is 50.1 Å². The Labute approximate surface area is 177 Å². The van der Waals surface area contributed by atoms with Crippen molar-refractivity contribution in [3.05, 3.63) is 54.1 Å². The van der Waals surface area contributed by atoms with Gasteiger partial charge in [0.1, 0.15) is 5.75 Å². The molecular formula is C23H29N5O2. The van der Waals surface area contributed by atoms with Crippen LogP contribution in [-0.4, -0.2) is 58.2 Å². The molecule has 2 aromatic carbocycles. The Hall–Kier alpha value is -3.22. The molecule has 2 aliphatic heterocycles. The number of hydrogen-bond acceptors (Lipinski definition) is 4. The highest BCUT2D eigenvalue weighted by Crippen LogP contribution is 2.30. The summed E-state index contributed by atoms with van der Waals surface area (Å²) in [5.41, 5.74) is 3.36. The highest BCUT2D eigenvalue weighted by molar-refractivity contribution is 5.98. The van der Waals surface area contributed by atoms with Crippen molar-refractivity contribution in [1.82, 2.24) is 10.6 Å². The van der Waals surface area contributed by atoms with Crippen LogP contribution >= 0.6 is 0 Å². The van der Waals surface area contributed by atoms with E-state index in [9.17, 15) is 4.79 Å². The molecule has 1 saturated heterocycles. The maximum Gasteiger partial charge on any atom is 0.246 e. The third kappa shape index (κ3) is 4.20. The fraction of sp³-hybridized carbons (Fsp3) is 0.391. The summed E-state index contributed by atoms with van der Waals surface area (Å²) in [7, 11) is 3.43. The molecule has 0 spiro atoms. The molecule has 1 atom stereocenters. The summed E-state index contributed by atoms with van der Waals surface area (Å²) in [5.74, 6) is 1.60. The van der Waals surface area contributed by atoms with Crippen molar-refractivity contribution in [1.29, 1.82) is 0 Å². The topological polar surface area (TPSA) is 69.2 Å². The normalized spacial score (nSPS) is 18.3. The van der Waals surface area contributed by atoms with Gasteiger partial charge in [-0.3, -0.25) is 9.79 Å². The van der Waals surface area contributed by atoms with Crippen LogP contribution in [0.1, 0.15) is 12.0 Å². The number of nitrogens with one attached hydrogen (secondary N) is 2. The largest absolute Gasteiger partial charge is 0.495 e. The Kier molecular flexibility index (Phi) is 6.07. The summed E-state index contributed by atoms with van der Waals surface area (Å²) in [6.45, 7) is 2.76. The number of guanidine groups is 1. The number of amides is 1. The van der Waals surface area contributed by atoms with Crippen molar-refractivity contribution in [3.63, 3.8) is 0 Å². The van der Waals surface area contributed by atoms with Crippen LogP contribution in [-0.2, 0) is 11.2 Å². The monoisotopic (exact) mass is 407 g/mol. The molecule has 0 aliphatic carbocycles. The lowest BCUT2D eigenvalue weighted by Crippen LogP contribution is -2.48. The second kappa shape index (κ2) is 9.07.